The molecule has 1 nitrogen and oxygen atoms in total. The first kappa shape index (κ1) is 12.5. The molecule has 0 aliphatic heterocycles. The van der Waals surface area contributed by atoms with Crippen LogP contribution in [0.4, 0.5) is 0 Å². The Kier molecular flexibility index (Phi) is 4.11. The molecule has 1 unspecified atom stereocenters. The summed E-state index contributed by atoms with van der Waals surface area (Å²) in [5.41, 5.74) is 0.951. The van der Waals surface area contributed by atoms with E-state index in [0.29, 0.717) is 0 Å². The second kappa shape index (κ2) is 5.58. The maximum absolute atomic E-state index is 9.69. The van der Waals surface area contributed by atoms with E-state index >= 15 is 0 Å². The number of hydrogen-bond donors (Lipinski definition) is 1. The van der Waals surface area contributed by atoms with Gasteiger partial charge in [0.1, 0.15) is 0 Å². The third-order valence-corrected chi connectivity index (χ3v) is 3.76. The summed E-state index contributed by atoms with van der Waals surface area (Å²) in [7, 11) is 0. The topological polar surface area (TPSA) is 20.2 Å². The van der Waals surface area contributed by atoms with E-state index in [-0.39, 0.29) is 0 Å². The summed E-state index contributed by atoms with van der Waals surface area (Å²) in [5, 5.41) is 10.4. The molecule has 1 N–H and O–H groups in total. The third kappa shape index (κ3) is 3.25. The predicted octanol–water partition coefficient (Wildman–Crippen LogP) is 4.54. The van der Waals surface area contributed by atoms with Gasteiger partial charge in [-0.05, 0) is 42.8 Å². The van der Waals surface area contributed by atoms with E-state index in [9.17, 15) is 5.11 Å². The van der Waals surface area contributed by atoms with E-state index in [0.717, 1.165) is 20.4 Å². The molecule has 0 aliphatic rings. The zero-order valence-electron chi connectivity index (χ0n) is 9.43. The number of rotatable bonds is 3. The highest BCUT2D eigenvalue weighted by Crippen LogP contribution is 2.33. The summed E-state index contributed by atoms with van der Waals surface area (Å²) in [4.78, 5) is 2.19. The molecule has 0 radical (unpaired) electrons. The first-order valence-electron chi connectivity index (χ1n) is 5.37. The molecule has 0 fully saturated rings. The molecule has 0 heterocycles. The summed E-state index contributed by atoms with van der Waals surface area (Å²) in [6, 6.07) is 15.6. The van der Waals surface area contributed by atoms with Crippen molar-refractivity contribution in [1.29, 1.82) is 0 Å². The zero-order valence-corrected chi connectivity index (χ0v) is 11.0. The summed E-state index contributed by atoms with van der Waals surface area (Å²) in [6.45, 7) is 1.78. The van der Waals surface area contributed by atoms with Crippen molar-refractivity contribution in [2.24, 2.45) is 0 Å². The van der Waals surface area contributed by atoms with Gasteiger partial charge in [0.25, 0.3) is 0 Å². The van der Waals surface area contributed by atoms with Crippen LogP contribution in [0.1, 0.15) is 18.6 Å². The largest absolute Gasteiger partial charge is 0.389 e. The van der Waals surface area contributed by atoms with Crippen molar-refractivity contribution in [2.45, 2.75) is 22.8 Å². The van der Waals surface area contributed by atoms with Gasteiger partial charge in [0, 0.05) is 14.8 Å². The van der Waals surface area contributed by atoms with Gasteiger partial charge in [0.05, 0.1) is 6.10 Å². The Hall–Kier alpha value is -0.960. The number of halogens is 1. The average Bonchev–Trinajstić information content (AvgIpc) is 2.32. The molecular formula is C14H13ClOS. The number of aliphatic hydroxyl groups excluding tert-OH is 1. The molecule has 88 valence electrons. The maximum Gasteiger partial charge on any atom is 0.0772 e. The number of benzene rings is 2. The highest BCUT2D eigenvalue weighted by Gasteiger charge is 2.08. The van der Waals surface area contributed by atoms with Gasteiger partial charge in [-0.15, -0.1) is 0 Å². The van der Waals surface area contributed by atoms with E-state index in [1.165, 1.54) is 0 Å². The predicted molar refractivity (Wildman–Crippen MR) is 72.7 cm³/mol. The van der Waals surface area contributed by atoms with Gasteiger partial charge in [-0.25, -0.2) is 0 Å². The van der Waals surface area contributed by atoms with Crippen molar-refractivity contribution < 1.29 is 5.11 Å². The lowest BCUT2D eigenvalue weighted by Crippen LogP contribution is -1.93. The van der Waals surface area contributed by atoms with E-state index in [1.54, 1.807) is 18.7 Å². The quantitative estimate of drug-likeness (QED) is 0.878. The highest BCUT2D eigenvalue weighted by atomic mass is 35.5. The zero-order chi connectivity index (χ0) is 12.3. The Morgan fingerprint density at radius 3 is 2.35 bits per heavy atom. The number of aliphatic hydroxyl groups is 1. The Bertz CT molecular complexity index is 494. The molecular weight excluding hydrogens is 252 g/mol. The molecule has 0 aliphatic carbocycles. The minimum atomic E-state index is -0.453. The summed E-state index contributed by atoms with van der Waals surface area (Å²) in [6.07, 6.45) is -0.453. The summed E-state index contributed by atoms with van der Waals surface area (Å²) in [5.74, 6) is 0. The van der Waals surface area contributed by atoms with Gasteiger partial charge in [-0.1, -0.05) is 41.6 Å². The molecule has 17 heavy (non-hydrogen) atoms. The first-order chi connectivity index (χ1) is 8.16. The molecule has 0 saturated heterocycles. The monoisotopic (exact) mass is 264 g/mol. The van der Waals surface area contributed by atoms with Crippen LogP contribution in [-0.2, 0) is 0 Å². The van der Waals surface area contributed by atoms with Crippen LogP contribution in [0.2, 0.25) is 5.02 Å². The molecule has 0 aromatic heterocycles. The lowest BCUT2D eigenvalue weighted by molar-refractivity contribution is 0.196. The van der Waals surface area contributed by atoms with Crippen molar-refractivity contribution in [1.82, 2.24) is 0 Å². The molecule has 0 bridgehead atoms. The molecule has 1 atom stereocenters. The van der Waals surface area contributed by atoms with Crippen LogP contribution >= 0.6 is 23.4 Å². The van der Waals surface area contributed by atoms with Crippen molar-refractivity contribution in [3.05, 3.63) is 59.1 Å². The van der Waals surface area contributed by atoms with Crippen LogP contribution in [0, 0.1) is 0 Å². The Labute approximate surface area is 110 Å². The lowest BCUT2D eigenvalue weighted by Gasteiger charge is -2.11. The van der Waals surface area contributed by atoms with Crippen molar-refractivity contribution in [2.75, 3.05) is 0 Å². The molecule has 0 amide bonds. The van der Waals surface area contributed by atoms with Gasteiger partial charge in [-0.3, -0.25) is 0 Å². The highest BCUT2D eigenvalue weighted by molar-refractivity contribution is 7.99. The average molecular weight is 265 g/mol. The fraction of sp³-hybridized carbons (Fsp3) is 0.143. The molecule has 0 saturated carbocycles. The molecule has 2 rings (SSSR count). The van der Waals surface area contributed by atoms with Crippen LogP contribution < -0.4 is 0 Å². The molecule has 2 aromatic carbocycles. The van der Waals surface area contributed by atoms with Gasteiger partial charge in [0.2, 0.25) is 0 Å². The van der Waals surface area contributed by atoms with Gasteiger partial charge >= 0.3 is 0 Å². The van der Waals surface area contributed by atoms with E-state index in [1.807, 2.05) is 48.5 Å². The SMILES string of the molecule is CC(O)c1ccccc1Sc1ccc(Cl)cc1. The van der Waals surface area contributed by atoms with Gasteiger partial charge in [-0.2, -0.15) is 0 Å². The maximum atomic E-state index is 9.69. The van der Waals surface area contributed by atoms with Crippen LogP contribution in [0.3, 0.4) is 0 Å². The Balaban J connectivity index is 2.26. The second-order valence-corrected chi connectivity index (χ2v) is 5.32. The van der Waals surface area contributed by atoms with Crippen LogP contribution in [0.25, 0.3) is 0 Å². The van der Waals surface area contributed by atoms with Gasteiger partial charge < -0.3 is 5.11 Å². The Morgan fingerprint density at radius 1 is 1.06 bits per heavy atom. The smallest absolute Gasteiger partial charge is 0.0772 e. The minimum absolute atomic E-state index is 0.453. The van der Waals surface area contributed by atoms with Crippen molar-refractivity contribution in [3.63, 3.8) is 0 Å². The summed E-state index contributed by atoms with van der Waals surface area (Å²) < 4.78 is 0. The van der Waals surface area contributed by atoms with E-state index in [2.05, 4.69) is 0 Å². The first-order valence-corrected chi connectivity index (χ1v) is 6.56. The fourth-order valence-corrected chi connectivity index (χ4v) is 2.70. The van der Waals surface area contributed by atoms with Crippen LogP contribution in [0.15, 0.2) is 58.3 Å². The van der Waals surface area contributed by atoms with Crippen molar-refractivity contribution in [3.8, 4) is 0 Å². The normalized spacial score (nSPS) is 12.4. The third-order valence-electron chi connectivity index (χ3n) is 2.41. The molecule has 3 heteroatoms. The van der Waals surface area contributed by atoms with Crippen LogP contribution in [-0.4, -0.2) is 5.11 Å². The standard InChI is InChI=1S/C14H13ClOS/c1-10(16)13-4-2-3-5-14(13)17-12-8-6-11(15)7-9-12/h2-10,16H,1H3. The fourth-order valence-electron chi connectivity index (χ4n) is 1.55. The van der Waals surface area contributed by atoms with E-state index in [4.69, 9.17) is 11.6 Å². The molecule has 2 aromatic rings. The second-order valence-electron chi connectivity index (χ2n) is 3.77. The Morgan fingerprint density at radius 2 is 1.71 bits per heavy atom. The van der Waals surface area contributed by atoms with E-state index < -0.39 is 6.10 Å². The summed E-state index contributed by atoms with van der Waals surface area (Å²) >= 11 is 7.48. The molecule has 0 spiro atoms. The number of hydrogen-bond acceptors (Lipinski definition) is 2. The van der Waals surface area contributed by atoms with Crippen LogP contribution in [0.5, 0.6) is 0 Å². The van der Waals surface area contributed by atoms with Gasteiger partial charge in [0.15, 0.2) is 0 Å². The minimum Gasteiger partial charge on any atom is -0.389 e. The van der Waals surface area contributed by atoms with Crippen molar-refractivity contribution >= 4 is 23.4 Å². The lowest BCUT2D eigenvalue weighted by atomic mass is 10.1.